The third kappa shape index (κ3) is 3.04. The summed E-state index contributed by atoms with van der Waals surface area (Å²) in [5.74, 6) is 0. The summed E-state index contributed by atoms with van der Waals surface area (Å²) >= 11 is 1.73. The quantitative estimate of drug-likeness (QED) is 0.758. The molecule has 2 rings (SSSR count). The Morgan fingerprint density at radius 1 is 1.35 bits per heavy atom. The van der Waals surface area contributed by atoms with Gasteiger partial charge in [0.25, 0.3) is 0 Å². The number of hydrogen-bond donors (Lipinski definition) is 3. The highest BCUT2D eigenvalue weighted by Gasteiger charge is 2.18. The lowest BCUT2D eigenvalue weighted by atomic mass is 10.1. The topological polar surface area (TPSA) is 52.5 Å². The predicted octanol–water partition coefficient (Wildman–Crippen LogP) is 1.73. The second-order valence-electron chi connectivity index (χ2n) is 4.52. The van der Waals surface area contributed by atoms with Crippen molar-refractivity contribution >= 4 is 21.4 Å². The van der Waals surface area contributed by atoms with Gasteiger partial charge < -0.3 is 15.5 Å². The Labute approximate surface area is 105 Å². The number of thiophene rings is 1. The van der Waals surface area contributed by atoms with Crippen molar-refractivity contribution in [3.63, 3.8) is 0 Å². The first-order valence-electron chi connectivity index (χ1n) is 5.61. The molecule has 0 bridgehead atoms. The van der Waals surface area contributed by atoms with Gasteiger partial charge in [0.05, 0.1) is 12.2 Å². The predicted molar refractivity (Wildman–Crippen MR) is 71.2 cm³/mol. The van der Waals surface area contributed by atoms with E-state index in [9.17, 15) is 5.11 Å². The van der Waals surface area contributed by atoms with Crippen LogP contribution in [0.1, 0.15) is 12.5 Å². The maximum atomic E-state index is 9.66. The second-order valence-corrected chi connectivity index (χ2v) is 5.43. The van der Waals surface area contributed by atoms with Crippen molar-refractivity contribution in [2.75, 3.05) is 13.2 Å². The fraction of sp³-hybridized carbons (Fsp3) is 0.385. The summed E-state index contributed by atoms with van der Waals surface area (Å²) in [6.07, 6.45) is 0. The van der Waals surface area contributed by atoms with E-state index in [4.69, 9.17) is 5.11 Å². The van der Waals surface area contributed by atoms with E-state index >= 15 is 0 Å². The molecule has 0 amide bonds. The highest BCUT2D eigenvalue weighted by Crippen LogP contribution is 2.25. The molecule has 0 aliphatic rings. The van der Waals surface area contributed by atoms with Gasteiger partial charge in [0, 0.05) is 17.8 Å². The van der Waals surface area contributed by atoms with Crippen LogP contribution in [0.4, 0.5) is 0 Å². The summed E-state index contributed by atoms with van der Waals surface area (Å²) in [5.41, 5.74) is 0.186. The molecule has 0 saturated carbocycles. The minimum absolute atomic E-state index is 0.232. The zero-order valence-corrected chi connectivity index (χ0v) is 10.6. The van der Waals surface area contributed by atoms with Crippen LogP contribution in [0.25, 0.3) is 10.1 Å². The highest BCUT2D eigenvalue weighted by atomic mass is 32.1. The molecule has 0 fully saturated rings. The van der Waals surface area contributed by atoms with Crippen LogP contribution in [0, 0.1) is 0 Å². The summed E-state index contributed by atoms with van der Waals surface area (Å²) < 4.78 is 1.28. The van der Waals surface area contributed by atoms with Crippen LogP contribution < -0.4 is 5.32 Å². The number of fused-ring (bicyclic) bond motifs is 1. The summed E-state index contributed by atoms with van der Waals surface area (Å²) in [5, 5.41) is 25.1. The molecule has 1 aromatic heterocycles. The number of benzene rings is 1. The molecule has 3 N–H and O–H groups in total. The monoisotopic (exact) mass is 251 g/mol. The summed E-state index contributed by atoms with van der Waals surface area (Å²) in [7, 11) is 0. The van der Waals surface area contributed by atoms with E-state index in [1.54, 1.807) is 18.3 Å². The molecule has 1 heterocycles. The fourth-order valence-electron chi connectivity index (χ4n) is 1.69. The lowest BCUT2D eigenvalue weighted by molar-refractivity contribution is 0.00256. The molecular formula is C13H17NO2S. The van der Waals surface area contributed by atoms with Gasteiger partial charge in [-0.15, -0.1) is 11.3 Å². The zero-order chi connectivity index (χ0) is 12.3. The van der Waals surface area contributed by atoms with Gasteiger partial charge in [-0.3, -0.25) is 0 Å². The van der Waals surface area contributed by atoms with Crippen molar-refractivity contribution in [3.8, 4) is 0 Å². The summed E-state index contributed by atoms with van der Waals surface area (Å²) in [6, 6.07) is 8.27. The maximum absolute atomic E-state index is 9.66. The first kappa shape index (κ1) is 12.5. The molecule has 1 atom stereocenters. The van der Waals surface area contributed by atoms with E-state index in [2.05, 4.69) is 22.8 Å². The Bertz CT molecular complexity index is 493. The fourth-order valence-corrected chi connectivity index (χ4v) is 2.65. The molecular weight excluding hydrogens is 234 g/mol. The maximum Gasteiger partial charge on any atom is 0.0972 e. The van der Waals surface area contributed by atoms with Crippen LogP contribution in [-0.4, -0.2) is 29.0 Å². The van der Waals surface area contributed by atoms with E-state index in [0.29, 0.717) is 13.1 Å². The van der Waals surface area contributed by atoms with Crippen LogP contribution in [0.2, 0.25) is 0 Å². The molecule has 1 unspecified atom stereocenters. The normalized spacial score (nSPS) is 15.0. The number of hydrogen-bond acceptors (Lipinski definition) is 4. The zero-order valence-electron chi connectivity index (χ0n) is 9.81. The van der Waals surface area contributed by atoms with Gasteiger partial charge in [-0.05, 0) is 29.3 Å². The van der Waals surface area contributed by atoms with Gasteiger partial charge in [-0.25, -0.2) is 0 Å². The average molecular weight is 251 g/mol. The van der Waals surface area contributed by atoms with Gasteiger partial charge in [0.2, 0.25) is 0 Å². The Kier molecular flexibility index (Phi) is 3.79. The van der Waals surface area contributed by atoms with Crippen LogP contribution in [0.5, 0.6) is 0 Å². The third-order valence-corrected chi connectivity index (χ3v) is 3.74. The van der Waals surface area contributed by atoms with E-state index in [0.717, 1.165) is 0 Å². The first-order chi connectivity index (χ1) is 8.12. The van der Waals surface area contributed by atoms with Crippen LogP contribution in [0.15, 0.2) is 29.6 Å². The van der Waals surface area contributed by atoms with Gasteiger partial charge in [-0.1, -0.05) is 18.2 Å². The Balaban J connectivity index is 2.00. The smallest absolute Gasteiger partial charge is 0.0972 e. The van der Waals surface area contributed by atoms with Gasteiger partial charge in [0.15, 0.2) is 0 Å². The van der Waals surface area contributed by atoms with Crippen LogP contribution in [0.3, 0.4) is 0 Å². The molecule has 3 nitrogen and oxygen atoms in total. The van der Waals surface area contributed by atoms with Crippen molar-refractivity contribution in [2.45, 2.75) is 19.1 Å². The molecule has 17 heavy (non-hydrogen) atoms. The van der Waals surface area contributed by atoms with Crippen molar-refractivity contribution in [2.24, 2.45) is 0 Å². The third-order valence-electron chi connectivity index (χ3n) is 2.72. The number of rotatable bonds is 5. The summed E-state index contributed by atoms with van der Waals surface area (Å²) in [4.78, 5) is 0. The molecule has 0 aliphatic carbocycles. The Hall–Kier alpha value is -0.940. The lowest BCUT2D eigenvalue weighted by Crippen LogP contribution is -2.40. The molecule has 0 saturated heterocycles. The van der Waals surface area contributed by atoms with E-state index in [1.165, 1.54) is 15.6 Å². The van der Waals surface area contributed by atoms with E-state index < -0.39 is 5.60 Å². The van der Waals surface area contributed by atoms with Crippen molar-refractivity contribution < 1.29 is 10.2 Å². The number of aliphatic hydroxyl groups excluding tert-OH is 1. The molecule has 4 heteroatoms. The van der Waals surface area contributed by atoms with Gasteiger partial charge in [0.1, 0.15) is 0 Å². The summed E-state index contributed by atoms with van der Waals surface area (Å²) in [6.45, 7) is 2.48. The van der Waals surface area contributed by atoms with E-state index in [-0.39, 0.29) is 6.61 Å². The minimum atomic E-state index is -1.05. The van der Waals surface area contributed by atoms with Crippen LogP contribution in [-0.2, 0) is 6.54 Å². The van der Waals surface area contributed by atoms with Crippen molar-refractivity contribution in [3.05, 3.63) is 35.2 Å². The van der Waals surface area contributed by atoms with Crippen molar-refractivity contribution in [1.29, 1.82) is 0 Å². The number of aliphatic hydroxyl groups is 2. The largest absolute Gasteiger partial charge is 0.393 e. The Morgan fingerprint density at radius 2 is 2.12 bits per heavy atom. The SMILES string of the molecule is CC(O)(CO)CNCc1csc2ccccc12. The van der Waals surface area contributed by atoms with E-state index in [1.807, 2.05) is 12.1 Å². The average Bonchev–Trinajstić information content (AvgIpc) is 2.73. The highest BCUT2D eigenvalue weighted by molar-refractivity contribution is 7.17. The molecule has 92 valence electrons. The van der Waals surface area contributed by atoms with Crippen molar-refractivity contribution in [1.82, 2.24) is 5.32 Å². The minimum Gasteiger partial charge on any atom is -0.393 e. The first-order valence-corrected chi connectivity index (χ1v) is 6.49. The molecule has 0 spiro atoms. The molecule has 0 radical (unpaired) electrons. The van der Waals surface area contributed by atoms with Gasteiger partial charge in [-0.2, -0.15) is 0 Å². The second kappa shape index (κ2) is 5.14. The molecule has 2 aromatic rings. The molecule has 0 aliphatic heterocycles. The standard InChI is InChI=1S/C13H17NO2S/c1-13(16,9-15)8-14-6-10-7-17-12-5-3-2-4-11(10)12/h2-5,7,14-16H,6,8-9H2,1H3. The number of nitrogens with one attached hydrogen (secondary N) is 1. The lowest BCUT2D eigenvalue weighted by Gasteiger charge is -2.20. The van der Waals surface area contributed by atoms with Gasteiger partial charge >= 0.3 is 0 Å². The Morgan fingerprint density at radius 3 is 2.88 bits per heavy atom. The van der Waals surface area contributed by atoms with Crippen LogP contribution >= 0.6 is 11.3 Å². The molecule has 1 aromatic carbocycles.